The smallest absolute Gasteiger partial charge is 0.298 e. The molecule has 0 saturated heterocycles. The Morgan fingerprint density at radius 1 is 1.43 bits per heavy atom. The Kier molecular flexibility index (Phi) is 2.40. The average molecular weight is 302 g/mol. The van der Waals surface area contributed by atoms with E-state index < -0.39 is 5.95 Å². The summed E-state index contributed by atoms with van der Waals surface area (Å²) in [5, 5.41) is 14.7. The first-order valence-corrected chi connectivity index (χ1v) is 5.08. The first-order valence-electron chi connectivity index (χ1n) is 4.00. The monoisotopic (exact) mass is 302 g/mol. The van der Waals surface area contributed by atoms with Crippen molar-refractivity contribution in [3.63, 3.8) is 0 Å². The minimum Gasteiger partial charge on any atom is -0.538 e. The maximum Gasteiger partial charge on any atom is 0.298 e. The van der Waals surface area contributed by atoms with Crippen LogP contribution in [-0.2, 0) is 0 Å². The zero-order valence-electron chi connectivity index (χ0n) is 7.40. The molecule has 0 saturated carbocycles. The molecule has 0 N–H and O–H groups in total. The lowest BCUT2D eigenvalue weighted by molar-refractivity contribution is -0.682. The molecule has 1 aromatic heterocycles. The van der Waals surface area contributed by atoms with E-state index in [0.29, 0.717) is 3.70 Å². The second-order valence-corrected chi connectivity index (χ2v) is 3.87. The second kappa shape index (κ2) is 3.56. The van der Waals surface area contributed by atoms with E-state index in [9.17, 15) is 5.11 Å². The van der Waals surface area contributed by atoms with E-state index in [4.69, 9.17) is 0 Å². The molecular formula is C9H7IN2O2. The molecule has 0 aliphatic carbocycles. The van der Waals surface area contributed by atoms with Crippen LogP contribution in [0.5, 0.6) is 5.95 Å². The van der Waals surface area contributed by atoms with Crippen LogP contribution in [0, 0.1) is 10.6 Å². The zero-order chi connectivity index (χ0) is 10.1. The first kappa shape index (κ1) is 9.45. The standard InChI is InChI=1S/C9H7IN2O2/c1-6-4-2-3-5-7(6)12-8(10)9(13)14-11-12/h2-5H,1H3. The highest BCUT2D eigenvalue weighted by atomic mass is 127. The number of rotatable bonds is 1. The second-order valence-electron chi connectivity index (χ2n) is 2.85. The predicted molar refractivity (Wildman–Crippen MR) is 54.9 cm³/mol. The van der Waals surface area contributed by atoms with E-state index >= 15 is 0 Å². The number of aryl methyl sites for hydroxylation is 1. The maximum absolute atomic E-state index is 11.1. The third kappa shape index (κ3) is 1.47. The third-order valence-electron chi connectivity index (χ3n) is 1.90. The Bertz CT molecular complexity index is 468. The lowest BCUT2D eigenvalue weighted by atomic mass is 10.2. The summed E-state index contributed by atoms with van der Waals surface area (Å²) in [4.78, 5) is 0. The quantitative estimate of drug-likeness (QED) is 0.582. The Morgan fingerprint density at radius 3 is 2.71 bits per heavy atom. The van der Waals surface area contributed by atoms with Crippen LogP contribution in [0.25, 0.3) is 5.69 Å². The Balaban J connectivity index is 2.60. The van der Waals surface area contributed by atoms with E-state index in [2.05, 4.69) is 9.79 Å². The van der Waals surface area contributed by atoms with Gasteiger partial charge in [0.1, 0.15) is 0 Å². The van der Waals surface area contributed by atoms with Crippen molar-refractivity contribution in [2.45, 2.75) is 6.92 Å². The minimum atomic E-state index is -0.408. The molecule has 0 fully saturated rings. The molecule has 0 unspecified atom stereocenters. The van der Waals surface area contributed by atoms with E-state index in [-0.39, 0.29) is 0 Å². The van der Waals surface area contributed by atoms with Crippen LogP contribution >= 0.6 is 22.6 Å². The van der Waals surface area contributed by atoms with Crippen LogP contribution in [0.3, 0.4) is 0 Å². The van der Waals surface area contributed by atoms with Crippen molar-refractivity contribution in [2.24, 2.45) is 0 Å². The van der Waals surface area contributed by atoms with Crippen molar-refractivity contribution < 1.29 is 14.3 Å². The Morgan fingerprint density at radius 2 is 2.14 bits per heavy atom. The molecule has 0 aliphatic heterocycles. The Hall–Kier alpha value is -1.11. The zero-order valence-corrected chi connectivity index (χ0v) is 9.56. The fourth-order valence-electron chi connectivity index (χ4n) is 1.19. The molecule has 5 heteroatoms. The first-order chi connectivity index (χ1) is 6.70. The van der Waals surface area contributed by atoms with Crippen LogP contribution in [0.2, 0.25) is 0 Å². The Labute approximate surface area is 94.3 Å². The summed E-state index contributed by atoms with van der Waals surface area (Å²) in [6.07, 6.45) is 0. The maximum atomic E-state index is 11.1. The van der Waals surface area contributed by atoms with Gasteiger partial charge in [-0.15, -0.1) is 0 Å². The van der Waals surface area contributed by atoms with Gasteiger partial charge in [0.2, 0.25) is 5.69 Å². The van der Waals surface area contributed by atoms with Gasteiger partial charge < -0.3 is 9.63 Å². The van der Waals surface area contributed by atoms with Crippen LogP contribution in [-0.4, -0.2) is 5.27 Å². The molecule has 0 spiro atoms. The van der Waals surface area contributed by atoms with E-state index in [1.807, 2.05) is 53.8 Å². The molecule has 14 heavy (non-hydrogen) atoms. The van der Waals surface area contributed by atoms with Gasteiger partial charge >= 0.3 is 0 Å². The number of hydrogen-bond donors (Lipinski definition) is 0. The van der Waals surface area contributed by atoms with Gasteiger partial charge in [0, 0.05) is 34.2 Å². The van der Waals surface area contributed by atoms with Crippen LogP contribution in [0.4, 0.5) is 0 Å². The molecule has 0 radical (unpaired) electrons. The SMILES string of the molecule is Cc1ccccc1-[n+]1noc([O-])c1I. The molecule has 0 bridgehead atoms. The summed E-state index contributed by atoms with van der Waals surface area (Å²) in [6.45, 7) is 1.96. The normalized spacial score (nSPS) is 10.4. The van der Waals surface area contributed by atoms with Gasteiger partial charge in [0.05, 0.1) is 5.27 Å². The van der Waals surface area contributed by atoms with Crippen molar-refractivity contribution in [3.8, 4) is 11.6 Å². The number of para-hydroxylation sites is 1. The van der Waals surface area contributed by atoms with Crippen LogP contribution in [0.15, 0.2) is 28.8 Å². The summed E-state index contributed by atoms with van der Waals surface area (Å²) < 4.78 is 6.51. The van der Waals surface area contributed by atoms with E-state index in [1.165, 1.54) is 4.68 Å². The summed E-state index contributed by atoms with van der Waals surface area (Å²) in [5.74, 6) is -0.408. The van der Waals surface area contributed by atoms with Crippen molar-refractivity contribution in [1.82, 2.24) is 5.27 Å². The summed E-state index contributed by atoms with van der Waals surface area (Å²) >= 11 is 1.91. The topological polar surface area (TPSA) is 53.0 Å². The highest BCUT2D eigenvalue weighted by molar-refractivity contribution is 14.1. The lowest BCUT2D eigenvalue weighted by Gasteiger charge is -1.94. The molecule has 1 heterocycles. The van der Waals surface area contributed by atoms with E-state index in [1.54, 1.807) is 0 Å². The number of benzene rings is 1. The van der Waals surface area contributed by atoms with Crippen LogP contribution < -0.4 is 9.79 Å². The number of hydrogen-bond acceptors (Lipinski definition) is 3. The van der Waals surface area contributed by atoms with Crippen molar-refractivity contribution in [1.29, 1.82) is 0 Å². The average Bonchev–Trinajstić information content (AvgIpc) is 2.49. The highest BCUT2D eigenvalue weighted by Gasteiger charge is 2.18. The largest absolute Gasteiger partial charge is 0.538 e. The van der Waals surface area contributed by atoms with Gasteiger partial charge in [0.25, 0.3) is 3.70 Å². The summed E-state index contributed by atoms with van der Waals surface area (Å²) in [6, 6.07) is 7.67. The van der Waals surface area contributed by atoms with Crippen molar-refractivity contribution in [3.05, 3.63) is 33.5 Å². The molecule has 0 amide bonds. The minimum absolute atomic E-state index is 0.408. The molecule has 2 aromatic rings. The molecule has 2 rings (SSSR count). The fourth-order valence-corrected chi connectivity index (χ4v) is 1.64. The summed E-state index contributed by atoms with van der Waals surface area (Å²) in [5.41, 5.74) is 1.91. The molecule has 4 nitrogen and oxygen atoms in total. The van der Waals surface area contributed by atoms with Gasteiger partial charge in [0.15, 0.2) is 5.95 Å². The van der Waals surface area contributed by atoms with Crippen LogP contribution in [0.1, 0.15) is 5.56 Å². The van der Waals surface area contributed by atoms with Gasteiger partial charge in [-0.1, -0.05) is 18.2 Å². The number of aromatic nitrogens is 2. The lowest BCUT2D eigenvalue weighted by Crippen LogP contribution is -2.36. The third-order valence-corrected chi connectivity index (χ3v) is 2.80. The fraction of sp³-hybridized carbons (Fsp3) is 0.111. The number of halogens is 1. The highest BCUT2D eigenvalue weighted by Crippen LogP contribution is 2.14. The van der Waals surface area contributed by atoms with E-state index in [0.717, 1.165) is 11.3 Å². The van der Waals surface area contributed by atoms with Crippen molar-refractivity contribution >= 4 is 22.6 Å². The predicted octanol–water partition coefficient (Wildman–Crippen LogP) is 0.938. The molecule has 0 aliphatic rings. The van der Waals surface area contributed by atoms with Gasteiger partial charge in [-0.3, -0.25) is 0 Å². The van der Waals surface area contributed by atoms with Gasteiger partial charge in [-0.05, 0) is 11.6 Å². The molecule has 0 atom stereocenters. The molecule has 72 valence electrons. The molecule has 1 aromatic carbocycles. The van der Waals surface area contributed by atoms with Gasteiger partial charge in [-0.25, -0.2) is 0 Å². The summed E-state index contributed by atoms with van der Waals surface area (Å²) in [7, 11) is 0. The van der Waals surface area contributed by atoms with Gasteiger partial charge in [-0.2, -0.15) is 0 Å². The van der Waals surface area contributed by atoms with Crippen molar-refractivity contribution in [2.75, 3.05) is 0 Å². The number of nitrogens with zero attached hydrogens (tertiary/aromatic N) is 2. The molecular weight excluding hydrogens is 295 g/mol.